The van der Waals surface area contributed by atoms with Gasteiger partial charge in [-0.3, -0.25) is 4.99 Å². The van der Waals surface area contributed by atoms with Crippen molar-refractivity contribution in [2.75, 3.05) is 45.5 Å². The number of ether oxygens (including phenoxy) is 1. The number of hydrogen-bond donors (Lipinski definition) is 1. The molecule has 0 spiro atoms. The Kier molecular flexibility index (Phi) is 11.1. The lowest BCUT2D eigenvalue weighted by Gasteiger charge is -2.34. The highest BCUT2D eigenvalue weighted by atomic mass is 127. The second-order valence-electron chi connectivity index (χ2n) is 6.49. The van der Waals surface area contributed by atoms with Gasteiger partial charge in [-0.05, 0) is 12.1 Å². The number of rotatable bonds is 8. The molecule has 0 amide bonds. The van der Waals surface area contributed by atoms with Crippen LogP contribution in [0.1, 0.15) is 26.7 Å². The predicted molar refractivity (Wildman–Crippen MR) is 125 cm³/mol. The number of para-hydroxylation sites is 1. The number of hydrogen-bond acceptors (Lipinski definition) is 4. The second kappa shape index (κ2) is 12.5. The molecule has 9 heteroatoms. The Morgan fingerprint density at radius 3 is 2.36 bits per heavy atom. The van der Waals surface area contributed by atoms with Crippen molar-refractivity contribution in [1.29, 1.82) is 0 Å². The Morgan fingerprint density at radius 2 is 1.82 bits per heavy atom. The van der Waals surface area contributed by atoms with Crippen molar-refractivity contribution in [3.05, 3.63) is 30.3 Å². The van der Waals surface area contributed by atoms with Gasteiger partial charge in [0.05, 0.1) is 5.75 Å². The summed E-state index contributed by atoms with van der Waals surface area (Å²) in [5.74, 6) is 1.73. The highest BCUT2D eigenvalue weighted by Gasteiger charge is 2.23. The van der Waals surface area contributed by atoms with Crippen LogP contribution in [0.15, 0.2) is 35.3 Å². The summed E-state index contributed by atoms with van der Waals surface area (Å²) in [5.41, 5.74) is 0. The Bertz CT molecular complexity index is 688. The fraction of sp³-hybridized carbons (Fsp3) is 0.632. The summed E-state index contributed by atoms with van der Waals surface area (Å²) in [6.45, 7) is 6.74. The molecular weight excluding hydrogens is 491 g/mol. The van der Waals surface area contributed by atoms with E-state index in [4.69, 9.17) is 4.74 Å². The normalized spacial score (nSPS) is 16.0. The lowest BCUT2D eigenvalue weighted by atomic mass is 10.1. The van der Waals surface area contributed by atoms with Crippen LogP contribution in [0.5, 0.6) is 5.75 Å². The largest absolute Gasteiger partial charge is 0.490 e. The molecule has 2 rings (SSSR count). The van der Waals surface area contributed by atoms with Crippen molar-refractivity contribution < 1.29 is 13.2 Å². The summed E-state index contributed by atoms with van der Waals surface area (Å²) in [4.78, 5) is 6.47. The van der Waals surface area contributed by atoms with Crippen LogP contribution in [-0.2, 0) is 10.0 Å². The first-order valence-electron chi connectivity index (χ1n) is 9.65. The zero-order chi connectivity index (χ0) is 19.7. The predicted octanol–water partition coefficient (Wildman–Crippen LogP) is 2.39. The topological polar surface area (TPSA) is 74.2 Å². The Hall–Kier alpha value is -1.07. The maximum Gasteiger partial charge on any atom is 0.215 e. The highest BCUT2D eigenvalue weighted by Crippen LogP contribution is 2.18. The molecule has 0 saturated carbocycles. The van der Waals surface area contributed by atoms with E-state index < -0.39 is 10.0 Å². The average molecular weight is 524 g/mol. The summed E-state index contributed by atoms with van der Waals surface area (Å²) in [6, 6.07) is 9.88. The summed E-state index contributed by atoms with van der Waals surface area (Å²) in [5, 5.41) is 3.19. The molecule has 1 saturated heterocycles. The molecule has 28 heavy (non-hydrogen) atoms. The minimum absolute atomic E-state index is 0. The van der Waals surface area contributed by atoms with Crippen LogP contribution < -0.4 is 10.1 Å². The molecule has 1 aliphatic heterocycles. The molecule has 1 aliphatic rings. The van der Waals surface area contributed by atoms with E-state index >= 15 is 0 Å². The zero-order valence-corrected chi connectivity index (χ0v) is 20.2. The minimum Gasteiger partial charge on any atom is -0.490 e. The summed E-state index contributed by atoms with van der Waals surface area (Å²) >= 11 is 0. The number of nitrogens with zero attached hydrogens (tertiary/aromatic N) is 3. The SMILES string of the molecule is CCN(CC)S(=O)(=O)CCNC(=NC)N1CCC(Oc2ccccc2)CC1.I. The van der Waals surface area contributed by atoms with Crippen LogP contribution >= 0.6 is 24.0 Å². The quantitative estimate of drug-likeness (QED) is 0.321. The lowest BCUT2D eigenvalue weighted by Crippen LogP contribution is -2.48. The van der Waals surface area contributed by atoms with Crippen molar-refractivity contribution >= 4 is 40.0 Å². The molecule has 1 heterocycles. The van der Waals surface area contributed by atoms with E-state index in [1.54, 1.807) is 7.05 Å². The van der Waals surface area contributed by atoms with E-state index in [1.807, 2.05) is 44.2 Å². The molecule has 1 aromatic rings. The number of sulfonamides is 1. The van der Waals surface area contributed by atoms with E-state index in [0.717, 1.165) is 37.6 Å². The number of piperidine rings is 1. The van der Waals surface area contributed by atoms with Crippen molar-refractivity contribution in [3.63, 3.8) is 0 Å². The standard InChI is InChI=1S/C19H32N4O3S.HI/c1-4-23(5-2)27(24,25)16-13-21-19(20-3)22-14-11-18(12-15-22)26-17-9-7-6-8-10-17;/h6-10,18H,4-5,11-16H2,1-3H3,(H,20,21);1H. The van der Waals surface area contributed by atoms with Gasteiger partial charge in [-0.25, -0.2) is 12.7 Å². The van der Waals surface area contributed by atoms with E-state index in [1.165, 1.54) is 4.31 Å². The van der Waals surface area contributed by atoms with Gasteiger partial charge in [-0.15, -0.1) is 24.0 Å². The minimum atomic E-state index is -3.22. The molecule has 1 fully saturated rings. The molecule has 1 N–H and O–H groups in total. The van der Waals surface area contributed by atoms with E-state index in [-0.39, 0.29) is 35.8 Å². The summed E-state index contributed by atoms with van der Waals surface area (Å²) in [7, 11) is -1.49. The van der Waals surface area contributed by atoms with Crippen LogP contribution in [0.2, 0.25) is 0 Å². The molecule has 0 radical (unpaired) electrons. The monoisotopic (exact) mass is 524 g/mol. The molecule has 0 aliphatic carbocycles. The molecule has 7 nitrogen and oxygen atoms in total. The number of likely N-dealkylation sites (tertiary alicyclic amines) is 1. The lowest BCUT2D eigenvalue weighted by molar-refractivity contribution is 0.129. The van der Waals surface area contributed by atoms with Crippen molar-refractivity contribution in [2.24, 2.45) is 4.99 Å². The van der Waals surface area contributed by atoms with Gasteiger partial charge in [0.15, 0.2) is 5.96 Å². The zero-order valence-electron chi connectivity index (χ0n) is 17.0. The van der Waals surface area contributed by atoms with Gasteiger partial charge in [0.2, 0.25) is 10.0 Å². The molecule has 0 unspecified atom stereocenters. The Labute approximate surface area is 186 Å². The fourth-order valence-electron chi connectivity index (χ4n) is 3.25. The highest BCUT2D eigenvalue weighted by molar-refractivity contribution is 14.0. The van der Waals surface area contributed by atoms with Gasteiger partial charge >= 0.3 is 0 Å². The molecule has 1 aromatic carbocycles. The van der Waals surface area contributed by atoms with Crippen LogP contribution in [0.4, 0.5) is 0 Å². The van der Waals surface area contributed by atoms with Crippen LogP contribution in [-0.4, -0.2) is 75.2 Å². The maximum atomic E-state index is 12.3. The van der Waals surface area contributed by atoms with Crippen LogP contribution in [0.3, 0.4) is 0 Å². The third-order valence-corrected chi connectivity index (χ3v) is 6.76. The van der Waals surface area contributed by atoms with Crippen molar-refractivity contribution in [2.45, 2.75) is 32.8 Å². The van der Waals surface area contributed by atoms with Gasteiger partial charge < -0.3 is 15.0 Å². The molecule has 0 bridgehead atoms. The maximum absolute atomic E-state index is 12.3. The number of guanidine groups is 1. The smallest absolute Gasteiger partial charge is 0.215 e. The molecular formula is C19H33IN4O3S. The van der Waals surface area contributed by atoms with Gasteiger partial charge in [0.25, 0.3) is 0 Å². The first-order chi connectivity index (χ1) is 13.0. The van der Waals surface area contributed by atoms with Gasteiger partial charge in [0, 0.05) is 52.6 Å². The van der Waals surface area contributed by atoms with E-state index in [2.05, 4.69) is 15.2 Å². The van der Waals surface area contributed by atoms with E-state index in [0.29, 0.717) is 19.6 Å². The third kappa shape index (κ3) is 7.40. The summed E-state index contributed by atoms with van der Waals surface area (Å²) < 4.78 is 32.1. The van der Waals surface area contributed by atoms with Gasteiger partial charge in [-0.1, -0.05) is 32.0 Å². The molecule has 0 atom stereocenters. The van der Waals surface area contributed by atoms with Crippen LogP contribution in [0, 0.1) is 0 Å². The molecule has 0 aromatic heterocycles. The first kappa shape index (κ1) is 25.0. The summed E-state index contributed by atoms with van der Waals surface area (Å²) in [6.07, 6.45) is 2.02. The van der Waals surface area contributed by atoms with Crippen LogP contribution in [0.25, 0.3) is 0 Å². The Balaban J connectivity index is 0.00000392. The van der Waals surface area contributed by atoms with Gasteiger partial charge in [0.1, 0.15) is 11.9 Å². The number of aliphatic imine (C=N–C) groups is 1. The van der Waals surface area contributed by atoms with Crippen molar-refractivity contribution in [1.82, 2.24) is 14.5 Å². The fourth-order valence-corrected chi connectivity index (χ4v) is 4.65. The molecule has 160 valence electrons. The average Bonchev–Trinajstić information content (AvgIpc) is 2.67. The number of benzene rings is 1. The van der Waals surface area contributed by atoms with E-state index in [9.17, 15) is 8.42 Å². The number of halogens is 1. The van der Waals surface area contributed by atoms with Gasteiger partial charge in [-0.2, -0.15) is 0 Å². The van der Waals surface area contributed by atoms with Crippen molar-refractivity contribution in [3.8, 4) is 5.75 Å². The third-order valence-electron chi connectivity index (χ3n) is 4.74. The first-order valence-corrected chi connectivity index (χ1v) is 11.3. The number of nitrogens with one attached hydrogen (secondary N) is 1. The Morgan fingerprint density at radius 1 is 1.21 bits per heavy atom. The second-order valence-corrected chi connectivity index (χ2v) is 8.58.